The van der Waals surface area contributed by atoms with E-state index in [-0.39, 0.29) is 36.9 Å². The van der Waals surface area contributed by atoms with Crippen molar-refractivity contribution in [3.63, 3.8) is 0 Å². The topological polar surface area (TPSA) is 75.9 Å². The number of hydrogen-bond acceptors (Lipinski definition) is 4. The predicted molar refractivity (Wildman–Crippen MR) is 97.8 cm³/mol. The number of halogens is 1. The first-order valence-electron chi connectivity index (χ1n) is 8.54. The first-order chi connectivity index (χ1) is 11.5. The molecule has 6 nitrogen and oxygen atoms in total. The third-order valence-electron chi connectivity index (χ3n) is 5.11. The van der Waals surface area contributed by atoms with E-state index < -0.39 is 5.60 Å². The summed E-state index contributed by atoms with van der Waals surface area (Å²) >= 11 is 0. The molecule has 138 valence electrons. The maximum atomic E-state index is 12.3. The number of amides is 2. The lowest BCUT2D eigenvalue weighted by atomic mass is 9.91. The van der Waals surface area contributed by atoms with Crippen LogP contribution >= 0.6 is 12.4 Å². The lowest BCUT2D eigenvalue weighted by Crippen LogP contribution is -2.50. The van der Waals surface area contributed by atoms with Gasteiger partial charge in [0.15, 0.2) is 0 Å². The van der Waals surface area contributed by atoms with E-state index in [2.05, 4.69) is 19.1 Å². The molecule has 0 radical (unpaired) electrons. The minimum Gasteiger partial charge on any atom is -0.441 e. The molecule has 1 aromatic carbocycles. The SMILES string of the molecule is CC(CN1CC2(CCN(C(=O)CN)CC2)OC1=O)c1ccccc1.Cl. The zero-order valence-electron chi connectivity index (χ0n) is 14.5. The van der Waals surface area contributed by atoms with E-state index >= 15 is 0 Å². The van der Waals surface area contributed by atoms with Crippen molar-refractivity contribution >= 4 is 24.4 Å². The van der Waals surface area contributed by atoms with Gasteiger partial charge in [-0.15, -0.1) is 12.4 Å². The molecule has 3 rings (SSSR count). The van der Waals surface area contributed by atoms with E-state index in [9.17, 15) is 9.59 Å². The van der Waals surface area contributed by atoms with Crippen molar-refractivity contribution in [2.24, 2.45) is 5.73 Å². The van der Waals surface area contributed by atoms with E-state index in [0.29, 0.717) is 39.0 Å². The van der Waals surface area contributed by atoms with Crippen LogP contribution in [0.15, 0.2) is 30.3 Å². The van der Waals surface area contributed by atoms with E-state index in [1.165, 1.54) is 5.56 Å². The zero-order chi connectivity index (χ0) is 17.2. The smallest absolute Gasteiger partial charge is 0.410 e. The van der Waals surface area contributed by atoms with Gasteiger partial charge >= 0.3 is 6.09 Å². The van der Waals surface area contributed by atoms with Gasteiger partial charge in [-0.1, -0.05) is 37.3 Å². The number of carbonyl (C=O) groups is 2. The van der Waals surface area contributed by atoms with Crippen molar-refractivity contribution < 1.29 is 14.3 Å². The van der Waals surface area contributed by atoms with Crippen LogP contribution in [0.5, 0.6) is 0 Å². The van der Waals surface area contributed by atoms with Gasteiger partial charge in [-0.2, -0.15) is 0 Å². The highest BCUT2D eigenvalue weighted by molar-refractivity contribution is 5.85. The van der Waals surface area contributed by atoms with E-state index in [0.717, 1.165) is 0 Å². The Morgan fingerprint density at radius 2 is 1.92 bits per heavy atom. The highest BCUT2D eigenvalue weighted by Gasteiger charge is 2.47. The Morgan fingerprint density at radius 1 is 1.28 bits per heavy atom. The molecule has 2 aliphatic heterocycles. The molecule has 1 aromatic rings. The number of nitrogens with zero attached hydrogens (tertiary/aromatic N) is 2. The molecule has 0 aromatic heterocycles. The van der Waals surface area contributed by atoms with Crippen molar-refractivity contribution in [3.8, 4) is 0 Å². The second-order valence-electron chi connectivity index (χ2n) is 6.83. The van der Waals surface area contributed by atoms with Crippen LogP contribution in [0.1, 0.15) is 31.2 Å². The van der Waals surface area contributed by atoms with Crippen LogP contribution in [-0.4, -0.2) is 60.1 Å². The van der Waals surface area contributed by atoms with Crippen LogP contribution in [0.2, 0.25) is 0 Å². The lowest BCUT2D eigenvalue weighted by Gasteiger charge is -2.37. The van der Waals surface area contributed by atoms with Crippen molar-refractivity contribution in [2.45, 2.75) is 31.3 Å². The predicted octanol–water partition coefficient (Wildman–Crippen LogP) is 1.98. The summed E-state index contributed by atoms with van der Waals surface area (Å²) in [6.07, 6.45) is 1.12. The first-order valence-corrected chi connectivity index (χ1v) is 8.54. The van der Waals surface area contributed by atoms with Gasteiger partial charge in [0.25, 0.3) is 0 Å². The Hall–Kier alpha value is -1.79. The molecular formula is C18H26ClN3O3. The molecule has 25 heavy (non-hydrogen) atoms. The number of carbonyl (C=O) groups excluding carboxylic acids is 2. The number of likely N-dealkylation sites (tertiary alicyclic amines) is 1. The maximum Gasteiger partial charge on any atom is 0.410 e. The Kier molecular flexibility index (Phi) is 6.30. The number of hydrogen-bond donors (Lipinski definition) is 1. The molecule has 2 heterocycles. The summed E-state index contributed by atoms with van der Waals surface area (Å²) in [5, 5.41) is 0. The fraction of sp³-hybridized carbons (Fsp3) is 0.556. The summed E-state index contributed by atoms with van der Waals surface area (Å²) in [5.41, 5.74) is 6.19. The third kappa shape index (κ3) is 4.25. The second-order valence-corrected chi connectivity index (χ2v) is 6.83. The van der Waals surface area contributed by atoms with Crippen molar-refractivity contribution in [1.29, 1.82) is 0 Å². The van der Waals surface area contributed by atoms with Gasteiger partial charge < -0.3 is 20.3 Å². The van der Waals surface area contributed by atoms with Crippen molar-refractivity contribution in [1.82, 2.24) is 9.80 Å². The minimum atomic E-state index is -0.446. The van der Waals surface area contributed by atoms with Gasteiger partial charge in [0.05, 0.1) is 13.1 Å². The van der Waals surface area contributed by atoms with E-state index in [1.807, 2.05) is 18.2 Å². The average molecular weight is 368 g/mol. The van der Waals surface area contributed by atoms with Crippen LogP contribution in [-0.2, 0) is 9.53 Å². The molecule has 2 N–H and O–H groups in total. The molecule has 1 atom stereocenters. The molecule has 2 aliphatic rings. The fourth-order valence-electron chi connectivity index (χ4n) is 3.60. The Morgan fingerprint density at radius 3 is 2.52 bits per heavy atom. The van der Waals surface area contributed by atoms with Gasteiger partial charge in [-0.05, 0) is 11.5 Å². The molecule has 2 amide bonds. The number of benzene rings is 1. The summed E-state index contributed by atoms with van der Waals surface area (Å²) in [6.45, 7) is 4.62. The third-order valence-corrected chi connectivity index (χ3v) is 5.11. The Balaban J connectivity index is 0.00000225. The summed E-state index contributed by atoms with van der Waals surface area (Å²) in [6, 6.07) is 10.2. The Bertz CT molecular complexity index is 603. The molecule has 0 saturated carbocycles. The molecular weight excluding hydrogens is 342 g/mol. The number of piperidine rings is 1. The normalized spacial score (nSPS) is 20.2. The van der Waals surface area contributed by atoms with Crippen LogP contribution in [0.4, 0.5) is 4.79 Å². The average Bonchev–Trinajstić information content (AvgIpc) is 2.90. The highest BCUT2D eigenvalue weighted by atomic mass is 35.5. The summed E-state index contributed by atoms with van der Waals surface area (Å²) < 4.78 is 5.72. The van der Waals surface area contributed by atoms with Crippen molar-refractivity contribution in [3.05, 3.63) is 35.9 Å². The second kappa shape index (κ2) is 8.06. The first kappa shape index (κ1) is 19.5. The summed E-state index contributed by atoms with van der Waals surface area (Å²) in [4.78, 5) is 27.5. The van der Waals surface area contributed by atoms with E-state index in [4.69, 9.17) is 10.5 Å². The monoisotopic (exact) mass is 367 g/mol. The van der Waals surface area contributed by atoms with E-state index in [1.54, 1.807) is 9.80 Å². The van der Waals surface area contributed by atoms with Gasteiger partial charge in [0, 0.05) is 32.5 Å². The molecule has 0 bridgehead atoms. The number of nitrogens with two attached hydrogens (primary N) is 1. The van der Waals surface area contributed by atoms with Crippen LogP contribution in [0, 0.1) is 0 Å². The van der Waals surface area contributed by atoms with Gasteiger partial charge in [0.1, 0.15) is 5.60 Å². The van der Waals surface area contributed by atoms with Crippen molar-refractivity contribution in [2.75, 3.05) is 32.7 Å². The van der Waals surface area contributed by atoms with Crippen LogP contribution in [0.25, 0.3) is 0 Å². The minimum absolute atomic E-state index is 0. The van der Waals surface area contributed by atoms with Gasteiger partial charge in [0.2, 0.25) is 5.91 Å². The standard InChI is InChI=1S/C18H25N3O3.ClH/c1-14(15-5-3-2-4-6-15)12-21-13-18(24-17(21)23)7-9-20(10-8-18)16(22)11-19;/h2-6,14H,7-13,19H2,1H3;1H. The molecule has 1 spiro atoms. The molecule has 2 fully saturated rings. The zero-order valence-corrected chi connectivity index (χ0v) is 15.3. The molecule has 0 aliphatic carbocycles. The summed E-state index contributed by atoms with van der Waals surface area (Å²) in [7, 11) is 0. The highest BCUT2D eigenvalue weighted by Crippen LogP contribution is 2.34. The van der Waals surface area contributed by atoms with Gasteiger partial charge in [-0.25, -0.2) is 4.79 Å². The largest absolute Gasteiger partial charge is 0.441 e. The summed E-state index contributed by atoms with van der Waals surface area (Å²) in [5.74, 6) is 0.219. The molecule has 2 saturated heterocycles. The number of rotatable bonds is 4. The quantitative estimate of drug-likeness (QED) is 0.882. The van der Waals surface area contributed by atoms with Gasteiger partial charge in [-0.3, -0.25) is 4.79 Å². The lowest BCUT2D eigenvalue weighted by molar-refractivity contribution is -0.133. The molecule has 1 unspecified atom stereocenters. The fourth-order valence-corrected chi connectivity index (χ4v) is 3.60. The van der Waals surface area contributed by atoms with Crippen LogP contribution in [0.3, 0.4) is 0 Å². The maximum absolute atomic E-state index is 12.3. The Labute approximate surface area is 154 Å². The van der Waals surface area contributed by atoms with Crippen LogP contribution < -0.4 is 5.73 Å². The molecule has 7 heteroatoms. The number of ether oxygens (including phenoxy) is 1.